The van der Waals surface area contributed by atoms with E-state index in [-0.39, 0.29) is 5.92 Å². The fraction of sp³-hybridized carbons (Fsp3) is 0.818. The van der Waals surface area contributed by atoms with Gasteiger partial charge in [0.15, 0.2) is 6.10 Å². The molecule has 0 saturated heterocycles. The van der Waals surface area contributed by atoms with Crippen LogP contribution in [0, 0.1) is 17.8 Å². The van der Waals surface area contributed by atoms with Gasteiger partial charge in [0.05, 0.1) is 18.4 Å². The molecule has 1 aliphatic carbocycles. The van der Waals surface area contributed by atoms with Crippen LogP contribution in [0.25, 0.3) is 0 Å². The number of nitrogens with one attached hydrogen (secondary N) is 1. The lowest BCUT2D eigenvalue weighted by molar-refractivity contribution is -0.202. The second-order valence-electron chi connectivity index (χ2n) is 4.93. The smallest absolute Gasteiger partial charge is 0.416 e. The van der Waals surface area contributed by atoms with Gasteiger partial charge in [-0.25, -0.2) is 0 Å². The van der Waals surface area contributed by atoms with E-state index in [4.69, 9.17) is 10.2 Å². The monoisotopic (exact) mass is 283 g/mol. The molecule has 2 unspecified atom stereocenters. The number of rotatable bonds is 4. The Balaban J connectivity index is 2.56. The van der Waals surface area contributed by atoms with E-state index in [2.05, 4.69) is 0 Å². The van der Waals surface area contributed by atoms with Crippen LogP contribution in [0.3, 0.4) is 0 Å². The van der Waals surface area contributed by atoms with E-state index in [1.54, 1.807) is 6.92 Å². The lowest BCUT2D eigenvalue weighted by Gasteiger charge is -2.18. The molecule has 19 heavy (non-hydrogen) atoms. The zero-order valence-electron chi connectivity index (χ0n) is 10.3. The summed E-state index contributed by atoms with van der Waals surface area (Å²) in [6, 6.07) is 0. The van der Waals surface area contributed by atoms with Gasteiger partial charge < -0.3 is 15.5 Å². The van der Waals surface area contributed by atoms with Crippen LogP contribution in [0.5, 0.6) is 0 Å². The predicted octanol–water partition coefficient (Wildman–Crippen LogP) is 0.773. The number of carboxylic acid groups (broad SMARTS) is 1. The average Bonchev–Trinajstić information content (AvgIpc) is 2.66. The summed E-state index contributed by atoms with van der Waals surface area (Å²) >= 11 is 0. The number of aliphatic hydroxyl groups excluding tert-OH is 1. The van der Waals surface area contributed by atoms with Crippen LogP contribution in [0.1, 0.15) is 19.8 Å². The van der Waals surface area contributed by atoms with Crippen LogP contribution in [0.2, 0.25) is 0 Å². The van der Waals surface area contributed by atoms with Gasteiger partial charge in [-0.2, -0.15) is 13.2 Å². The standard InChI is InChI=1S/C11H16F3NO4/c1-5-2-6(7(3-5)10(18)19)9(17)15-4-8(16)11(12,13)14/h5-8,16H,2-4H2,1H3,(H,15,17)(H,18,19)/t5?,6-,7+,8?/m0/s1. The second-order valence-corrected chi connectivity index (χ2v) is 4.93. The largest absolute Gasteiger partial charge is 0.481 e. The molecule has 3 N–H and O–H groups in total. The molecule has 1 fully saturated rings. The van der Waals surface area contributed by atoms with Crippen molar-refractivity contribution < 1.29 is 33.0 Å². The highest BCUT2D eigenvalue weighted by Crippen LogP contribution is 2.36. The van der Waals surface area contributed by atoms with Crippen molar-refractivity contribution in [1.29, 1.82) is 0 Å². The minimum atomic E-state index is -4.80. The minimum Gasteiger partial charge on any atom is -0.481 e. The number of amides is 1. The zero-order valence-corrected chi connectivity index (χ0v) is 10.3. The number of carbonyl (C=O) groups excluding carboxylic acids is 1. The van der Waals surface area contributed by atoms with E-state index >= 15 is 0 Å². The first-order valence-corrected chi connectivity index (χ1v) is 5.88. The normalized spacial score (nSPS) is 29.0. The van der Waals surface area contributed by atoms with Crippen molar-refractivity contribution in [2.75, 3.05) is 6.54 Å². The van der Waals surface area contributed by atoms with Crippen LogP contribution < -0.4 is 5.32 Å². The van der Waals surface area contributed by atoms with Gasteiger partial charge in [0.1, 0.15) is 0 Å². The third-order valence-electron chi connectivity index (χ3n) is 3.30. The molecule has 0 bridgehead atoms. The molecule has 110 valence electrons. The van der Waals surface area contributed by atoms with Crippen LogP contribution in [-0.2, 0) is 9.59 Å². The first-order valence-electron chi connectivity index (χ1n) is 5.88. The summed E-state index contributed by atoms with van der Waals surface area (Å²) in [6.07, 6.45) is -6.79. The lowest BCUT2D eigenvalue weighted by Crippen LogP contribution is -2.43. The van der Waals surface area contributed by atoms with Crippen LogP contribution in [0.4, 0.5) is 13.2 Å². The van der Waals surface area contributed by atoms with Gasteiger partial charge in [0.2, 0.25) is 5.91 Å². The Bertz CT molecular complexity index is 358. The van der Waals surface area contributed by atoms with Gasteiger partial charge in [-0.3, -0.25) is 9.59 Å². The molecular weight excluding hydrogens is 267 g/mol. The van der Waals surface area contributed by atoms with Gasteiger partial charge in [0.25, 0.3) is 0 Å². The van der Waals surface area contributed by atoms with E-state index < -0.39 is 42.5 Å². The predicted molar refractivity (Wildman–Crippen MR) is 58.1 cm³/mol. The molecule has 0 aliphatic heterocycles. The summed E-state index contributed by atoms with van der Waals surface area (Å²) in [5, 5.41) is 19.7. The zero-order chi connectivity index (χ0) is 14.8. The van der Waals surface area contributed by atoms with Crippen molar-refractivity contribution >= 4 is 11.9 Å². The Hall–Kier alpha value is -1.31. The number of alkyl halides is 3. The van der Waals surface area contributed by atoms with Gasteiger partial charge in [-0.1, -0.05) is 6.92 Å². The Morgan fingerprint density at radius 1 is 1.32 bits per heavy atom. The van der Waals surface area contributed by atoms with Crippen molar-refractivity contribution in [3.63, 3.8) is 0 Å². The molecule has 0 aromatic carbocycles. The van der Waals surface area contributed by atoms with Gasteiger partial charge in [-0.05, 0) is 18.8 Å². The van der Waals surface area contributed by atoms with Crippen molar-refractivity contribution in [2.24, 2.45) is 17.8 Å². The molecule has 8 heteroatoms. The van der Waals surface area contributed by atoms with Gasteiger partial charge in [-0.15, -0.1) is 0 Å². The first-order chi connectivity index (χ1) is 8.62. The molecule has 5 nitrogen and oxygen atoms in total. The molecule has 0 spiro atoms. The maximum Gasteiger partial charge on any atom is 0.416 e. The number of hydrogen-bond acceptors (Lipinski definition) is 3. The van der Waals surface area contributed by atoms with Crippen LogP contribution in [-0.4, -0.2) is 40.9 Å². The molecule has 0 radical (unpaired) electrons. The highest BCUT2D eigenvalue weighted by Gasteiger charge is 2.42. The SMILES string of the molecule is CC1C[C@H](C(=O)NCC(O)C(F)(F)F)[C@H](C(=O)O)C1. The van der Waals surface area contributed by atoms with E-state index in [0.29, 0.717) is 12.8 Å². The summed E-state index contributed by atoms with van der Waals surface area (Å²) in [4.78, 5) is 22.6. The number of carbonyl (C=O) groups is 2. The fourth-order valence-corrected chi connectivity index (χ4v) is 2.30. The summed E-state index contributed by atoms with van der Waals surface area (Å²) < 4.78 is 36.1. The number of halogens is 3. The molecular formula is C11H16F3NO4. The molecule has 0 aromatic heterocycles. The van der Waals surface area contributed by atoms with E-state index in [9.17, 15) is 22.8 Å². The van der Waals surface area contributed by atoms with E-state index in [1.165, 1.54) is 0 Å². The summed E-state index contributed by atoms with van der Waals surface area (Å²) in [5.41, 5.74) is 0. The molecule has 0 heterocycles. The van der Waals surface area contributed by atoms with Crippen molar-refractivity contribution in [1.82, 2.24) is 5.32 Å². The summed E-state index contributed by atoms with van der Waals surface area (Å²) in [5.74, 6) is -3.56. The quantitative estimate of drug-likeness (QED) is 0.711. The van der Waals surface area contributed by atoms with Crippen molar-refractivity contribution in [2.45, 2.75) is 32.0 Å². The Morgan fingerprint density at radius 2 is 1.84 bits per heavy atom. The van der Waals surface area contributed by atoms with Crippen LogP contribution >= 0.6 is 0 Å². The van der Waals surface area contributed by atoms with Gasteiger partial charge in [0, 0.05) is 0 Å². The molecule has 1 rings (SSSR count). The van der Waals surface area contributed by atoms with Crippen LogP contribution in [0.15, 0.2) is 0 Å². The molecule has 0 aromatic rings. The van der Waals surface area contributed by atoms with Gasteiger partial charge >= 0.3 is 12.1 Å². The third kappa shape index (κ3) is 4.09. The minimum absolute atomic E-state index is 0.0318. The number of carboxylic acids is 1. The van der Waals surface area contributed by atoms with Crippen molar-refractivity contribution in [3.05, 3.63) is 0 Å². The molecule has 4 atom stereocenters. The topological polar surface area (TPSA) is 86.6 Å². The molecule has 1 aliphatic rings. The summed E-state index contributed by atoms with van der Waals surface area (Å²) in [6.45, 7) is 0.827. The molecule has 1 saturated carbocycles. The lowest BCUT2D eigenvalue weighted by atomic mass is 9.95. The van der Waals surface area contributed by atoms with Crippen molar-refractivity contribution in [3.8, 4) is 0 Å². The second kappa shape index (κ2) is 5.77. The third-order valence-corrected chi connectivity index (χ3v) is 3.30. The molecule has 1 amide bonds. The maximum atomic E-state index is 12.0. The highest BCUT2D eigenvalue weighted by atomic mass is 19.4. The average molecular weight is 283 g/mol. The summed E-state index contributed by atoms with van der Waals surface area (Å²) in [7, 11) is 0. The maximum absolute atomic E-state index is 12.0. The number of aliphatic carboxylic acids is 1. The Labute approximate surface area is 107 Å². The fourth-order valence-electron chi connectivity index (χ4n) is 2.30. The number of aliphatic hydroxyl groups is 1. The Morgan fingerprint density at radius 3 is 2.32 bits per heavy atom. The first kappa shape index (κ1) is 15.7. The van der Waals surface area contributed by atoms with E-state index in [1.807, 2.05) is 5.32 Å². The number of hydrogen-bond donors (Lipinski definition) is 3. The Kier molecular flexibility index (Phi) is 4.78. The van der Waals surface area contributed by atoms with E-state index in [0.717, 1.165) is 0 Å². The highest BCUT2D eigenvalue weighted by molar-refractivity contribution is 5.85.